The molecule has 2 aromatic heterocycles. The van der Waals surface area contributed by atoms with Gasteiger partial charge < -0.3 is 9.26 Å². The Hall–Kier alpha value is -2.40. The van der Waals surface area contributed by atoms with E-state index in [0.717, 1.165) is 10.4 Å². The largest absolute Gasteiger partial charge is 0.459 e. The van der Waals surface area contributed by atoms with Gasteiger partial charge in [-0.1, -0.05) is 48.5 Å². The number of esters is 1. The van der Waals surface area contributed by atoms with Gasteiger partial charge >= 0.3 is 5.97 Å². The number of carbonyl (C=O) groups is 1. The molecule has 0 amide bonds. The molecule has 1 unspecified atom stereocenters. The first-order valence-corrected chi connectivity index (χ1v) is 8.37. The Morgan fingerprint density at radius 2 is 2.09 bits per heavy atom. The number of hydrogen-bond acceptors (Lipinski definition) is 5. The van der Waals surface area contributed by atoms with Gasteiger partial charge in [-0.25, -0.2) is 0 Å². The van der Waals surface area contributed by atoms with E-state index in [1.807, 2.05) is 60.8 Å². The Balaban J connectivity index is 1.62. The summed E-state index contributed by atoms with van der Waals surface area (Å²) < 4.78 is 10.7. The highest BCUT2D eigenvalue weighted by Gasteiger charge is 2.20. The summed E-state index contributed by atoms with van der Waals surface area (Å²) >= 11 is 1.58. The van der Waals surface area contributed by atoms with Crippen molar-refractivity contribution >= 4 is 17.3 Å². The number of benzene rings is 1. The maximum atomic E-state index is 12.3. The van der Waals surface area contributed by atoms with Crippen LogP contribution in [-0.4, -0.2) is 11.1 Å². The Kier molecular flexibility index (Phi) is 4.88. The van der Waals surface area contributed by atoms with Crippen LogP contribution in [0.3, 0.4) is 0 Å². The van der Waals surface area contributed by atoms with Crippen LogP contribution in [0.25, 0.3) is 10.6 Å². The number of thiophene rings is 1. The van der Waals surface area contributed by atoms with Gasteiger partial charge in [-0.2, -0.15) is 0 Å². The molecule has 0 saturated heterocycles. The quantitative estimate of drug-likeness (QED) is 0.619. The van der Waals surface area contributed by atoms with Crippen molar-refractivity contribution < 1.29 is 14.1 Å². The van der Waals surface area contributed by atoms with Crippen molar-refractivity contribution in [1.82, 2.24) is 5.16 Å². The first kappa shape index (κ1) is 15.5. The molecule has 2 heterocycles. The van der Waals surface area contributed by atoms with Gasteiger partial charge in [0.2, 0.25) is 0 Å². The summed E-state index contributed by atoms with van der Waals surface area (Å²) in [5.41, 5.74) is 1.59. The maximum absolute atomic E-state index is 12.3. The van der Waals surface area contributed by atoms with Crippen molar-refractivity contribution in [1.29, 1.82) is 0 Å². The summed E-state index contributed by atoms with van der Waals surface area (Å²) in [5.74, 6) is 0.209. The first-order chi connectivity index (χ1) is 11.3. The molecule has 5 heteroatoms. The van der Waals surface area contributed by atoms with Gasteiger partial charge in [0.25, 0.3) is 0 Å². The average Bonchev–Trinajstić information content (AvgIpc) is 3.26. The molecule has 0 aliphatic rings. The predicted molar refractivity (Wildman–Crippen MR) is 89.1 cm³/mol. The topological polar surface area (TPSA) is 52.3 Å². The molecular formula is C18H17NO3S. The molecule has 3 aromatic rings. The fraction of sp³-hybridized carbons (Fsp3) is 0.222. The Morgan fingerprint density at radius 3 is 2.78 bits per heavy atom. The molecule has 0 saturated carbocycles. The minimum atomic E-state index is -0.250. The van der Waals surface area contributed by atoms with E-state index < -0.39 is 0 Å². The van der Waals surface area contributed by atoms with Gasteiger partial charge in [0.15, 0.2) is 5.76 Å². The molecule has 0 N–H and O–H groups in total. The number of ether oxygens (including phenoxy) is 1. The van der Waals surface area contributed by atoms with Gasteiger partial charge in [0.05, 0.1) is 10.8 Å². The summed E-state index contributed by atoms with van der Waals surface area (Å²) in [5, 5.41) is 5.93. The summed E-state index contributed by atoms with van der Waals surface area (Å²) in [4.78, 5) is 13.3. The van der Waals surface area contributed by atoms with Gasteiger partial charge in [-0.3, -0.25) is 4.79 Å². The standard InChI is InChI=1S/C18H17NO3S/c1-2-15(13-7-4-3-5-8-13)18(20)21-12-14-11-16(22-19-14)17-9-6-10-23-17/h3-11,15H,2,12H2,1H3. The minimum absolute atomic E-state index is 0.122. The summed E-state index contributed by atoms with van der Waals surface area (Å²) in [6.45, 7) is 2.10. The molecular weight excluding hydrogens is 310 g/mol. The molecule has 0 bridgehead atoms. The zero-order chi connectivity index (χ0) is 16.1. The molecule has 4 nitrogen and oxygen atoms in total. The normalized spacial score (nSPS) is 12.0. The van der Waals surface area contributed by atoms with Crippen LogP contribution >= 0.6 is 11.3 Å². The van der Waals surface area contributed by atoms with Crippen LogP contribution in [0.1, 0.15) is 30.5 Å². The zero-order valence-electron chi connectivity index (χ0n) is 12.8. The lowest BCUT2D eigenvalue weighted by Gasteiger charge is -2.13. The second-order valence-electron chi connectivity index (χ2n) is 5.14. The Bertz CT molecular complexity index is 750. The number of hydrogen-bond donors (Lipinski definition) is 0. The van der Waals surface area contributed by atoms with Crippen LogP contribution in [0.2, 0.25) is 0 Å². The molecule has 0 aliphatic heterocycles. The summed E-state index contributed by atoms with van der Waals surface area (Å²) in [6, 6.07) is 15.4. The molecule has 3 rings (SSSR count). The van der Waals surface area contributed by atoms with Crippen LogP contribution in [0, 0.1) is 0 Å². The lowest BCUT2D eigenvalue weighted by Crippen LogP contribution is -2.15. The highest BCUT2D eigenvalue weighted by atomic mass is 32.1. The predicted octanol–water partition coefficient (Wildman–Crippen LogP) is 4.64. The van der Waals surface area contributed by atoms with E-state index in [1.165, 1.54) is 0 Å². The molecule has 23 heavy (non-hydrogen) atoms. The van der Waals surface area contributed by atoms with E-state index in [9.17, 15) is 4.79 Å². The zero-order valence-corrected chi connectivity index (χ0v) is 13.6. The molecule has 1 aromatic carbocycles. The molecule has 118 valence electrons. The van der Waals surface area contributed by atoms with Gasteiger partial charge in [-0.15, -0.1) is 11.3 Å². The van der Waals surface area contributed by atoms with Gasteiger partial charge in [0, 0.05) is 6.07 Å². The van der Waals surface area contributed by atoms with Crippen LogP contribution in [0.15, 0.2) is 58.4 Å². The fourth-order valence-electron chi connectivity index (χ4n) is 2.38. The maximum Gasteiger partial charge on any atom is 0.313 e. The van der Waals surface area contributed by atoms with Crippen LogP contribution in [-0.2, 0) is 16.1 Å². The Labute approximate surface area is 138 Å². The average molecular weight is 327 g/mol. The number of nitrogens with zero attached hydrogens (tertiary/aromatic N) is 1. The first-order valence-electron chi connectivity index (χ1n) is 7.49. The van der Waals surface area contributed by atoms with Crippen molar-refractivity contribution in [3.8, 4) is 10.6 Å². The van der Waals surface area contributed by atoms with E-state index >= 15 is 0 Å². The summed E-state index contributed by atoms with van der Waals surface area (Å²) in [7, 11) is 0. The van der Waals surface area contributed by atoms with Crippen LogP contribution in [0.5, 0.6) is 0 Å². The monoisotopic (exact) mass is 327 g/mol. The minimum Gasteiger partial charge on any atom is -0.459 e. The highest BCUT2D eigenvalue weighted by Crippen LogP contribution is 2.26. The lowest BCUT2D eigenvalue weighted by atomic mass is 9.97. The van der Waals surface area contributed by atoms with Gasteiger partial charge in [0.1, 0.15) is 12.3 Å². The highest BCUT2D eigenvalue weighted by molar-refractivity contribution is 7.13. The number of carbonyl (C=O) groups excluding carboxylic acids is 1. The molecule has 1 atom stereocenters. The molecule has 0 aliphatic carbocycles. The second-order valence-corrected chi connectivity index (χ2v) is 6.09. The van der Waals surface area contributed by atoms with E-state index in [0.29, 0.717) is 17.9 Å². The van der Waals surface area contributed by atoms with Crippen molar-refractivity contribution in [2.75, 3.05) is 0 Å². The lowest BCUT2D eigenvalue weighted by molar-refractivity contribution is -0.147. The van der Waals surface area contributed by atoms with Crippen molar-refractivity contribution in [3.05, 3.63) is 65.2 Å². The number of aromatic nitrogens is 1. The smallest absolute Gasteiger partial charge is 0.313 e. The Morgan fingerprint density at radius 1 is 1.26 bits per heavy atom. The SMILES string of the molecule is CCC(C(=O)OCc1cc(-c2cccs2)on1)c1ccccc1. The van der Waals surface area contributed by atoms with Crippen molar-refractivity contribution in [3.63, 3.8) is 0 Å². The summed E-state index contributed by atoms with van der Waals surface area (Å²) in [6.07, 6.45) is 0.697. The third-order valence-corrected chi connectivity index (χ3v) is 4.46. The van der Waals surface area contributed by atoms with Crippen LogP contribution in [0.4, 0.5) is 0 Å². The van der Waals surface area contributed by atoms with Gasteiger partial charge in [-0.05, 0) is 23.4 Å². The van der Waals surface area contributed by atoms with E-state index in [4.69, 9.17) is 9.26 Å². The van der Waals surface area contributed by atoms with Crippen molar-refractivity contribution in [2.45, 2.75) is 25.9 Å². The third kappa shape index (κ3) is 3.68. The van der Waals surface area contributed by atoms with Crippen molar-refractivity contribution in [2.24, 2.45) is 0 Å². The fourth-order valence-corrected chi connectivity index (χ4v) is 3.06. The number of rotatable bonds is 6. The van der Waals surface area contributed by atoms with E-state index in [2.05, 4.69) is 5.16 Å². The molecule has 0 radical (unpaired) electrons. The van der Waals surface area contributed by atoms with Crippen LogP contribution < -0.4 is 0 Å². The second kappa shape index (κ2) is 7.24. The molecule has 0 spiro atoms. The third-order valence-electron chi connectivity index (χ3n) is 3.58. The van der Waals surface area contributed by atoms with E-state index in [-0.39, 0.29) is 18.5 Å². The van der Waals surface area contributed by atoms with E-state index in [1.54, 1.807) is 11.3 Å². The molecule has 0 fully saturated rings.